The van der Waals surface area contributed by atoms with E-state index in [4.69, 9.17) is 28.5 Å². The fourth-order valence-corrected chi connectivity index (χ4v) is 13.6. The predicted molar refractivity (Wildman–Crippen MR) is 159 cm³/mol. The molecule has 0 amide bonds. The lowest BCUT2D eigenvalue weighted by molar-refractivity contribution is 0.135. The van der Waals surface area contributed by atoms with Crippen molar-refractivity contribution in [2.24, 2.45) is 0 Å². The highest BCUT2D eigenvalue weighted by Gasteiger charge is 2.54. The molecule has 0 aromatic heterocycles. The lowest BCUT2D eigenvalue weighted by atomic mass is 10.0. The first kappa shape index (κ1) is 24.6. The fourth-order valence-electron chi connectivity index (χ4n) is 4.98. The van der Waals surface area contributed by atoms with Gasteiger partial charge in [-0.2, -0.15) is 0 Å². The summed E-state index contributed by atoms with van der Waals surface area (Å²) in [7, 11) is 0. The van der Waals surface area contributed by atoms with Crippen LogP contribution in [0.25, 0.3) is 0 Å². The molecule has 0 bridgehead atoms. The molecule has 178 valence electrons. The number of anilines is 1. The number of hydrogen-bond acceptors (Lipinski definition) is 4. The molecule has 4 aromatic rings. The summed E-state index contributed by atoms with van der Waals surface area (Å²) in [6, 6.07) is 37.9. The molecule has 1 aliphatic heterocycles. The molecule has 1 aliphatic rings. The van der Waals surface area contributed by atoms with Crippen LogP contribution in [0.15, 0.2) is 121 Å². The van der Waals surface area contributed by atoms with Crippen LogP contribution in [-0.2, 0) is 28.5 Å². The Morgan fingerprint density at radius 1 is 0.600 bits per heavy atom. The first-order chi connectivity index (χ1) is 16.9. The zero-order valence-electron chi connectivity index (χ0n) is 19.8. The molecule has 4 aromatic carbocycles. The van der Waals surface area contributed by atoms with E-state index in [0.29, 0.717) is 0 Å². The molecule has 5 atom stereocenters. The molecular formula is C29H29NOP2S2. The quantitative estimate of drug-likeness (QED) is 0.254. The van der Waals surface area contributed by atoms with Crippen molar-refractivity contribution < 1.29 is 4.84 Å². The number of hydrogen-bond donors (Lipinski definition) is 0. The zero-order chi connectivity index (χ0) is 24.5. The standard InChI is InChI=1S/C29H29NOP2S2/c1-32(34,25-19-11-5-12-20-25)28-27(23-15-7-3-8-16-23)30(24-17-9-4-10-18-24)31-29(28)33(2,35)26-21-13-6-14-22-26/h3-22,27-29H,1-2H3/t27-,28-,29+,32?,33?/m0/s1. The average molecular weight is 534 g/mol. The van der Waals surface area contributed by atoms with Gasteiger partial charge in [0.15, 0.2) is 0 Å². The van der Waals surface area contributed by atoms with Gasteiger partial charge in [0.2, 0.25) is 0 Å². The van der Waals surface area contributed by atoms with E-state index in [2.05, 4.69) is 128 Å². The third-order valence-corrected chi connectivity index (χ3v) is 15.4. The molecule has 1 heterocycles. The van der Waals surface area contributed by atoms with Crippen molar-refractivity contribution in [3.8, 4) is 0 Å². The third-order valence-electron chi connectivity index (χ3n) is 6.83. The molecule has 0 aliphatic carbocycles. The van der Waals surface area contributed by atoms with Gasteiger partial charge < -0.3 is 0 Å². The van der Waals surface area contributed by atoms with E-state index >= 15 is 0 Å². The van der Waals surface area contributed by atoms with Gasteiger partial charge in [-0.3, -0.25) is 4.84 Å². The number of nitrogens with zero attached hydrogens (tertiary/aromatic N) is 1. The van der Waals surface area contributed by atoms with Crippen LogP contribution < -0.4 is 15.7 Å². The summed E-state index contributed by atoms with van der Waals surface area (Å²) in [6.45, 7) is 4.51. The Balaban J connectivity index is 1.74. The number of para-hydroxylation sites is 1. The highest BCUT2D eigenvalue weighted by Crippen LogP contribution is 2.66. The van der Waals surface area contributed by atoms with Gasteiger partial charge in [-0.15, -0.1) is 0 Å². The van der Waals surface area contributed by atoms with Crippen LogP contribution in [0.3, 0.4) is 0 Å². The number of benzene rings is 4. The summed E-state index contributed by atoms with van der Waals surface area (Å²) in [5.74, 6) is -0.179. The van der Waals surface area contributed by atoms with Crippen LogP contribution in [-0.4, -0.2) is 24.8 Å². The van der Waals surface area contributed by atoms with Crippen molar-refractivity contribution in [3.05, 3.63) is 127 Å². The molecule has 1 fully saturated rings. The highest BCUT2D eigenvalue weighted by atomic mass is 32.4. The lowest BCUT2D eigenvalue weighted by Gasteiger charge is -2.36. The molecule has 0 saturated carbocycles. The maximum atomic E-state index is 6.99. The second-order valence-corrected chi connectivity index (χ2v) is 19.8. The number of rotatable bonds is 6. The van der Waals surface area contributed by atoms with Crippen molar-refractivity contribution in [1.29, 1.82) is 0 Å². The molecule has 2 nitrogen and oxygen atoms in total. The Bertz CT molecular complexity index is 1370. The van der Waals surface area contributed by atoms with Crippen LogP contribution >= 0.6 is 12.1 Å². The van der Waals surface area contributed by atoms with Crippen molar-refractivity contribution in [1.82, 2.24) is 0 Å². The van der Waals surface area contributed by atoms with E-state index in [0.717, 1.165) is 5.69 Å². The van der Waals surface area contributed by atoms with Crippen molar-refractivity contribution in [3.63, 3.8) is 0 Å². The molecule has 1 saturated heterocycles. The van der Waals surface area contributed by atoms with E-state index in [-0.39, 0.29) is 17.5 Å². The van der Waals surface area contributed by atoms with E-state index in [1.165, 1.54) is 16.2 Å². The minimum atomic E-state index is -2.15. The van der Waals surface area contributed by atoms with Crippen molar-refractivity contribution in [2.75, 3.05) is 18.4 Å². The Labute approximate surface area is 218 Å². The zero-order valence-corrected chi connectivity index (χ0v) is 23.3. The molecule has 5 rings (SSSR count). The normalized spacial score (nSPS) is 23.4. The maximum absolute atomic E-state index is 6.99. The first-order valence-corrected chi connectivity index (χ1v) is 18.4. The molecule has 2 unspecified atom stereocenters. The van der Waals surface area contributed by atoms with Crippen molar-refractivity contribution in [2.45, 2.75) is 17.5 Å². The lowest BCUT2D eigenvalue weighted by Crippen LogP contribution is -2.32. The monoisotopic (exact) mass is 533 g/mol. The third kappa shape index (κ3) is 4.71. The van der Waals surface area contributed by atoms with Gasteiger partial charge in [-0.1, -0.05) is 133 Å². The summed E-state index contributed by atoms with van der Waals surface area (Å²) < 4.78 is 0. The maximum Gasteiger partial charge on any atom is 0.127 e. The van der Waals surface area contributed by atoms with Gasteiger partial charge in [0.05, 0.1) is 17.4 Å². The number of hydroxylamine groups is 1. The Hall–Kier alpha value is -2.06. The van der Waals surface area contributed by atoms with E-state index in [1.807, 2.05) is 12.1 Å². The summed E-state index contributed by atoms with van der Waals surface area (Å²) in [5.41, 5.74) is 2.29. The molecule has 6 heteroatoms. The van der Waals surface area contributed by atoms with Gasteiger partial charge in [0.1, 0.15) is 5.85 Å². The van der Waals surface area contributed by atoms with Gasteiger partial charge in [0.25, 0.3) is 0 Å². The SMILES string of the molecule is CP(=S)(c1ccccc1)[C@H]1[C@H](c2ccccc2)N(c2ccccc2)O[C@@H]1P(C)(=S)c1ccccc1. The Morgan fingerprint density at radius 2 is 1.03 bits per heavy atom. The second kappa shape index (κ2) is 10.1. The summed E-state index contributed by atoms with van der Waals surface area (Å²) >= 11 is 13.1. The largest absolute Gasteiger partial charge is 0.263 e. The van der Waals surface area contributed by atoms with E-state index in [9.17, 15) is 0 Å². The summed E-state index contributed by atoms with van der Waals surface area (Å²) in [5, 5.41) is 4.52. The Morgan fingerprint density at radius 3 is 1.54 bits per heavy atom. The Kier molecular flexibility index (Phi) is 7.13. The van der Waals surface area contributed by atoms with Gasteiger partial charge in [-0.05, 0) is 47.7 Å². The predicted octanol–water partition coefficient (Wildman–Crippen LogP) is 6.74. The van der Waals surface area contributed by atoms with E-state index in [1.54, 1.807) is 0 Å². The summed E-state index contributed by atoms with van der Waals surface area (Å²) in [6.07, 6.45) is 0. The fraction of sp³-hybridized carbons (Fsp3) is 0.172. The van der Waals surface area contributed by atoms with Crippen LogP contribution in [0.2, 0.25) is 0 Å². The average Bonchev–Trinajstić information content (AvgIpc) is 3.33. The minimum absolute atomic E-state index is 0.0365. The molecule has 0 spiro atoms. The molecule has 0 radical (unpaired) electrons. The van der Waals surface area contributed by atoms with Crippen molar-refractivity contribution >= 4 is 52.0 Å². The van der Waals surface area contributed by atoms with Gasteiger partial charge in [-0.25, -0.2) is 5.06 Å². The molecular weight excluding hydrogens is 504 g/mol. The van der Waals surface area contributed by atoms with Crippen LogP contribution in [0.1, 0.15) is 11.6 Å². The smallest absolute Gasteiger partial charge is 0.127 e. The first-order valence-electron chi connectivity index (χ1n) is 11.7. The van der Waals surface area contributed by atoms with Gasteiger partial charge in [0, 0.05) is 6.04 Å². The van der Waals surface area contributed by atoms with Crippen LogP contribution in [0.5, 0.6) is 0 Å². The highest BCUT2D eigenvalue weighted by molar-refractivity contribution is 8.20. The minimum Gasteiger partial charge on any atom is -0.263 e. The second-order valence-electron chi connectivity index (χ2n) is 9.15. The van der Waals surface area contributed by atoms with E-state index < -0.39 is 12.1 Å². The van der Waals surface area contributed by atoms with Gasteiger partial charge >= 0.3 is 0 Å². The molecule has 35 heavy (non-hydrogen) atoms. The van der Waals surface area contributed by atoms with Crippen LogP contribution in [0.4, 0.5) is 5.69 Å². The van der Waals surface area contributed by atoms with Crippen LogP contribution in [0, 0.1) is 0 Å². The topological polar surface area (TPSA) is 12.5 Å². The summed E-state index contributed by atoms with van der Waals surface area (Å²) in [4.78, 5) is 6.99. The molecule has 0 N–H and O–H groups in total.